The molecule has 0 saturated carbocycles. The lowest BCUT2D eigenvalue weighted by molar-refractivity contribution is 0.0697. The highest BCUT2D eigenvalue weighted by Crippen LogP contribution is 2.38. The Morgan fingerprint density at radius 2 is 1.89 bits per heavy atom. The second kappa shape index (κ2) is 5.17. The molecule has 0 aliphatic rings. The number of carboxylic acid groups (broad SMARTS) is 1. The highest BCUT2D eigenvalue weighted by atomic mass is 28.4. The number of carbonyl (C=O) groups excluding carboxylic acids is 1. The first-order valence-corrected chi connectivity index (χ1v) is 9.01. The molecule has 0 heterocycles. The molecule has 0 amide bonds. The van der Waals surface area contributed by atoms with Crippen LogP contribution >= 0.6 is 0 Å². The first-order chi connectivity index (χ1) is 8.58. The third-order valence-corrected chi connectivity index (χ3v) is 7.90. The predicted octanol–water partition coefficient (Wildman–Crippen LogP) is 3.58. The lowest BCUT2D eigenvalue weighted by Crippen LogP contribution is -2.44. The molecule has 1 aromatic rings. The minimum Gasteiger partial charge on any atom is -0.543 e. The van der Waals surface area contributed by atoms with E-state index in [1.165, 1.54) is 12.1 Å². The number of aromatic carboxylic acids is 1. The van der Waals surface area contributed by atoms with Crippen LogP contribution in [-0.4, -0.2) is 25.7 Å². The summed E-state index contributed by atoms with van der Waals surface area (Å²) in [5.74, 6) is -0.589. The third kappa shape index (κ3) is 3.44. The summed E-state index contributed by atoms with van der Waals surface area (Å²) >= 11 is 0. The van der Waals surface area contributed by atoms with E-state index in [1.54, 1.807) is 6.07 Å². The van der Waals surface area contributed by atoms with Gasteiger partial charge >= 0.3 is 5.97 Å². The van der Waals surface area contributed by atoms with E-state index in [1.807, 2.05) is 0 Å². The van der Waals surface area contributed by atoms with Gasteiger partial charge in [-0.25, -0.2) is 4.79 Å². The number of hydrogen-bond donors (Lipinski definition) is 1. The average Bonchev–Trinajstić information content (AvgIpc) is 2.27. The summed E-state index contributed by atoms with van der Waals surface area (Å²) in [5.41, 5.74) is 0.370. The predicted molar refractivity (Wildman–Crippen MR) is 76.6 cm³/mol. The van der Waals surface area contributed by atoms with Crippen molar-refractivity contribution in [1.29, 1.82) is 0 Å². The van der Waals surface area contributed by atoms with Crippen LogP contribution in [0.15, 0.2) is 18.2 Å². The van der Waals surface area contributed by atoms with Crippen LogP contribution in [0.4, 0.5) is 0 Å². The van der Waals surface area contributed by atoms with Crippen molar-refractivity contribution < 1.29 is 19.1 Å². The molecule has 0 aliphatic heterocycles. The lowest BCUT2D eigenvalue weighted by Gasteiger charge is -2.36. The van der Waals surface area contributed by atoms with E-state index in [0.717, 1.165) is 0 Å². The molecule has 4 nitrogen and oxygen atoms in total. The van der Waals surface area contributed by atoms with E-state index in [0.29, 0.717) is 12.0 Å². The molecule has 5 heteroatoms. The summed E-state index contributed by atoms with van der Waals surface area (Å²) < 4.78 is 6.04. The molecular formula is C14H20O4Si. The number of benzene rings is 1. The Morgan fingerprint density at radius 1 is 1.32 bits per heavy atom. The highest BCUT2D eigenvalue weighted by Gasteiger charge is 2.39. The molecule has 0 aliphatic carbocycles. The SMILES string of the molecule is CC(C)(C)[Si](C)(C)Oc1ccc(C(=O)O)cc1C=O. The number of carbonyl (C=O) groups is 2. The highest BCUT2D eigenvalue weighted by molar-refractivity contribution is 6.74. The van der Waals surface area contributed by atoms with Crippen LogP contribution in [0, 0.1) is 0 Å². The summed E-state index contributed by atoms with van der Waals surface area (Å²) in [6.45, 7) is 10.5. The van der Waals surface area contributed by atoms with E-state index < -0.39 is 14.3 Å². The van der Waals surface area contributed by atoms with Gasteiger partial charge in [-0.05, 0) is 36.3 Å². The van der Waals surface area contributed by atoms with Gasteiger partial charge in [0.1, 0.15) is 5.75 Å². The van der Waals surface area contributed by atoms with Crippen molar-refractivity contribution in [1.82, 2.24) is 0 Å². The van der Waals surface area contributed by atoms with E-state index in [9.17, 15) is 9.59 Å². The molecule has 0 atom stereocenters. The smallest absolute Gasteiger partial charge is 0.335 e. The molecule has 0 fully saturated rings. The molecule has 0 aromatic heterocycles. The van der Waals surface area contributed by atoms with Gasteiger partial charge in [0, 0.05) is 0 Å². The maximum atomic E-state index is 11.1. The van der Waals surface area contributed by atoms with Gasteiger partial charge in [-0.2, -0.15) is 0 Å². The van der Waals surface area contributed by atoms with Crippen molar-refractivity contribution in [2.75, 3.05) is 0 Å². The maximum absolute atomic E-state index is 11.1. The Morgan fingerprint density at radius 3 is 2.32 bits per heavy atom. The van der Waals surface area contributed by atoms with E-state index in [4.69, 9.17) is 9.53 Å². The van der Waals surface area contributed by atoms with Gasteiger partial charge in [-0.1, -0.05) is 20.8 Å². The normalized spacial score (nSPS) is 12.1. The van der Waals surface area contributed by atoms with Crippen LogP contribution in [0.2, 0.25) is 18.1 Å². The van der Waals surface area contributed by atoms with Gasteiger partial charge in [-0.15, -0.1) is 0 Å². The third-order valence-electron chi connectivity index (χ3n) is 3.56. The largest absolute Gasteiger partial charge is 0.543 e. The molecule has 0 unspecified atom stereocenters. The number of carboxylic acids is 1. The molecule has 0 spiro atoms. The Kier molecular flexibility index (Phi) is 4.20. The van der Waals surface area contributed by atoms with Crippen molar-refractivity contribution in [2.45, 2.75) is 38.9 Å². The molecule has 1 N–H and O–H groups in total. The van der Waals surface area contributed by atoms with E-state index >= 15 is 0 Å². The van der Waals surface area contributed by atoms with Crippen LogP contribution in [0.5, 0.6) is 5.75 Å². The summed E-state index contributed by atoms with van der Waals surface area (Å²) in [7, 11) is -2.04. The monoisotopic (exact) mass is 280 g/mol. The fourth-order valence-electron chi connectivity index (χ4n) is 1.29. The standard InChI is InChI=1S/C14H20O4Si/c1-14(2,3)19(4,5)18-12-7-6-10(13(16)17)8-11(12)9-15/h6-9H,1-5H3,(H,16,17). The maximum Gasteiger partial charge on any atom is 0.335 e. The van der Waals surface area contributed by atoms with E-state index in [-0.39, 0.29) is 16.2 Å². The molecule has 0 radical (unpaired) electrons. The van der Waals surface area contributed by atoms with Crippen molar-refractivity contribution in [3.8, 4) is 5.75 Å². The van der Waals surface area contributed by atoms with Crippen LogP contribution < -0.4 is 4.43 Å². The molecular weight excluding hydrogens is 260 g/mol. The number of rotatable bonds is 4. The molecule has 19 heavy (non-hydrogen) atoms. The summed E-state index contributed by atoms with van der Waals surface area (Å²) in [5, 5.41) is 8.92. The minimum absolute atomic E-state index is 0.0125. The Bertz CT molecular complexity index is 501. The quantitative estimate of drug-likeness (QED) is 0.676. The van der Waals surface area contributed by atoms with Crippen molar-refractivity contribution in [3.63, 3.8) is 0 Å². The van der Waals surface area contributed by atoms with Crippen molar-refractivity contribution in [2.24, 2.45) is 0 Å². The summed E-state index contributed by atoms with van der Waals surface area (Å²) in [6.07, 6.45) is 0.634. The zero-order valence-electron chi connectivity index (χ0n) is 12.0. The second-order valence-electron chi connectivity index (χ2n) is 6.04. The molecule has 1 aromatic carbocycles. The fourth-order valence-corrected chi connectivity index (χ4v) is 2.34. The zero-order valence-corrected chi connectivity index (χ0v) is 13.0. The molecule has 1 rings (SSSR count). The Hall–Kier alpha value is -1.62. The van der Waals surface area contributed by atoms with E-state index in [2.05, 4.69) is 33.9 Å². The minimum atomic E-state index is -2.04. The van der Waals surface area contributed by atoms with Gasteiger partial charge in [0.2, 0.25) is 0 Å². The summed E-state index contributed by atoms with van der Waals surface area (Å²) in [6, 6.07) is 4.36. The van der Waals surface area contributed by atoms with Crippen LogP contribution in [0.3, 0.4) is 0 Å². The van der Waals surface area contributed by atoms with Gasteiger partial charge < -0.3 is 9.53 Å². The summed E-state index contributed by atoms with van der Waals surface area (Å²) in [4.78, 5) is 22.0. The van der Waals surface area contributed by atoms with Gasteiger partial charge in [-0.3, -0.25) is 4.79 Å². The van der Waals surface area contributed by atoms with Gasteiger partial charge in [0.05, 0.1) is 11.1 Å². The first kappa shape index (κ1) is 15.4. The lowest BCUT2D eigenvalue weighted by atomic mass is 10.1. The van der Waals surface area contributed by atoms with Crippen molar-refractivity contribution in [3.05, 3.63) is 29.3 Å². The Balaban J connectivity index is 3.16. The molecule has 0 saturated heterocycles. The zero-order chi connectivity index (χ0) is 14.8. The van der Waals surface area contributed by atoms with Gasteiger partial charge in [0.25, 0.3) is 8.32 Å². The Labute approximate surface area is 114 Å². The second-order valence-corrected chi connectivity index (χ2v) is 10.8. The topological polar surface area (TPSA) is 63.6 Å². The van der Waals surface area contributed by atoms with Crippen LogP contribution in [0.1, 0.15) is 41.5 Å². The van der Waals surface area contributed by atoms with Crippen molar-refractivity contribution >= 4 is 20.6 Å². The first-order valence-electron chi connectivity index (χ1n) is 6.10. The van der Waals surface area contributed by atoms with Crippen LogP contribution in [-0.2, 0) is 0 Å². The fraction of sp³-hybridized carbons (Fsp3) is 0.429. The van der Waals surface area contributed by atoms with Gasteiger partial charge in [0.15, 0.2) is 6.29 Å². The van der Waals surface area contributed by atoms with Crippen LogP contribution in [0.25, 0.3) is 0 Å². The number of aldehydes is 1. The molecule has 0 bridgehead atoms. The number of hydrogen-bond acceptors (Lipinski definition) is 3. The molecule has 104 valence electrons. The average molecular weight is 280 g/mol.